The van der Waals surface area contributed by atoms with Crippen molar-refractivity contribution in [2.75, 3.05) is 12.8 Å². The largest absolute Gasteiger partial charge is 0.416 e. The Balaban J connectivity index is 2.32. The van der Waals surface area contributed by atoms with Gasteiger partial charge in [-0.15, -0.1) is 11.8 Å². The lowest BCUT2D eigenvalue weighted by molar-refractivity contribution is -0.139. The molecule has 1 aromatic rings. The monoisotopic (exact) mass is 374 g/mol. The molecule has 0 aromatic heterocycles. The Hall–Kier alpha value is -1.70. The summed E-state index contributed by atoms with van der Waals surface area (Å²) in [5.41, 5.74) is -0.149. The average molecular weight is 374 g/mol. The maximum Gasteiger partial charge on any atom is 0.416 e. The van der Waals surface area contributed by atoms with E-state index in [1.54, 1.807) is 0 Å². The van der Waals surface area contributed by atoms with Crippen LogP contribution in [0.1, 0.15) is 36.8 Å². The minimum absolute atomic E-state index is 0.177. The molecule has 2 atom stereocenters. The highest BCUT2D eigenvalue weighted by Gasteiger charge is 2.41. The van der Waals surface area contributed by atoms with E-state index in [1.807, 2.05) is 13.8 Å². The summed E-state index contributed by atoms with van der Waals surface area (Å²) in [5, 5.41) is 2.12. The molecule has 138 valence electrons. The highest BCUT2D eigenvalue weighted by molar-refractivity contribution is 8.00. The molecule has 1 aliphatic heterocycles. The van der Waals surface area contributed by atoms with Crippen molar-refractivity contribution in [3.63, 3.8) is 0 Å². The van der Waals surface area contributed by atoms with Crippen molar-refractivity contribution in [1.82, 2.24) is 10.2 Å². The van der Waals surface area contributed by atoms with E-state index in [0.29, 0.717) is 12.0 Å². The summed E-state index contributed by atoms with van der Waals surface area (Å²) in [6.07, 6.45) is -3.91. The van der Waals surface area contributed by atoms with E-state index < -0.39 is 23.2 Å². The number of amides is 2. The van der Waals surface area contributed by atoms with Crippen LogP contribution < -0.4 is 5.32 Å². The van der Waals surface area contributed by atoms with E-state index in [1.165, 1.54) is 35.8 Å². The van der Waals surface area contributed by atoms with Gasteiger partial charge in [0, 0.05) is 7.05 Å². The van der Waals surface area contributed by atoms with Gasteiger partial charge in [0.2, 0.25) is 11.8 Å². The van der Waals surface area contributed by atoms with E-state index in [0.717, 1.165) is 12.1 Å². The third-order valence-corrected chi connectivity index (χ3v) is 5.24. The Morgan fingerprint density at radius 2 is 1.92 bits per heavy atom. The van der Waals surface area contributed by atoms with Crippen LogP contribution in [-0.4, -0.2) is 35.6 Å². The second kappa shape index (κ2) is 7.68. The van der Waals surface area contributed by atoms with Gasteiger partial charge < -0.3 is 10.2 Å². The smallest absolute Gasteiger partial charge is 0.357 e. The molecule has 1 saturated heterocycles. The first-order chi connectivity index (χ1) is 11.6. The minimum atomic E-state index is -4.40. The lowest BCUT2D eigenvalue weighted by atomic mass is 10.0. The summed E-state index contributed by atoms with van der Waals surface area (Å²) in [6.45, 7) is 3.91. The lowest BCUT2D eigenvalue weighted by Gasteiger charge is -2.32. The molecule has 0 saturated carbocycles. The highest BCUT2D eigenvalue weighted by atomic mass is 32.2. The second-order valence-corrected chi connectivity index (χ2v) is 7.41. The van der Waals surface area contributed by atoms with Crippen molar-refractivity contribution < 1.29 is 22.8 Å². The number of halogens is 3. The van der Waals surface area contributed by atoms with Crippen LogP contribution in [0.2, 0.25) is 0 Å². The molecule has 2 amide bonds. The van der Waals surface area contributed by atoms with E-state index in [4.69, 9.17) is 0 Å². The van der Waals surface area contributed by atoms with Crippen LogP contribution in [-0.2, 0) is 15.8 Å². The average Bonchev–Trinajstić information content (AvgIpc) is 2.92. The number of nitrogens with zero attached hydrogens (tertiary/aromatic N) is 1. The van der Waals surface area contributed by atoms with Gasteiger partial charge in [-0.1, -0.05) is 26.0 Å². The molecule has 0 aliphatic carbocycles. The molecule has 8 heteroatoms. The fraction of sp³-hybridized carbons (Fsp3) is 0.529. The molecule has 1 N–H and O–H groups in total. The Morgan fingerprint density at radius 1 is 1.32 bits per heavy atom. The summed E-state index contributed by atoms with van der Waals surface area (Å²) < 4.78 is 38.2. The van der Waals surface area contributed by atoms with Gasteiger partial charge in [-0.2, -0.15) is 13.2 Å². The number of nitrogens with one attached hydrogen (secondary N) is 1. The predicted molar refractivity (Wildman–Crippen MR) is 90.8 cm³/mol. The van der Waals surface area contributed by atoms with Crippen LogP contribution in [0.5, 0.6) is 0 Å². The SMILES string of the molecule is CNC(=O)[C@H](CC(C)C)N1C(=O)CS[C@@H]1c1ccc(C(F)(F)F)cc1. The maximum absolute atomic E-state index is 12.7. The van der Waals surface area contributed by atoms with E-state index >= 15 is 0 Å². The van der Waals surface area contributed by atoms with Crippen LogP contribution in [0.4, 0.5) is 13.2 Å². The summed E-state index contributed by atoms with van der Waals surface area (Å²) >= 11 is 1.32. The van der Waals surface area contributed by atoms with E-state index in [2.05, 4.69) is 5.32 Å². The molecule has 0 spiro atoms. The van der Waals surface area contributed by atoms with Gasteiger partial charge in [0.25, 0.3) is 0 Å². The molecule has 1 aromatic carbocycles. The number of thioether (sulfide) groups is 1. The molecule has 1 fully saturated rings. The van der Waals surface area contributed by atoms with Crippen molar-refractivity contribution in [3.8, 4) is 0 Å². The van der Waals surface area contributed by atoms with Gasteiger partial charge in [-0.25, -0.2) is 0 Å². The number of carbonyl (C=O) groups is 2. The predicted octanol–water partition coefficient (Wildman–Crippen LogP) is 3.44. The van der Waals surface area contributed by atoms with Gasteiger partial charge >= 0.3 is 6.18 Å². The molecular formula is C17H21F3N2O2S. The topological polar surface area (TPSA) is 49.4 Å². The molecule has 25 heavy (non-hydrogen) atoms. The standard InChI is InChI=1S/C17H21F3N2O2S/c1-10(2)8-13(15(24)21-3)22-14(23)9-25-16(22)11-4-6-12(7-5-11)17(18,19)20/h4-7,10,13,16H,8-9H2,1-3H3,(H,21,24)/t13-,16+/m0/s1. The third kappa shape index (κ3) is 4.48. The Morgan fingerprint density at radius 3 is 2.40 bits per heavy atom. The zero-order chi connectivity index (χ0) is 18.8. The van der Waals surface area contributed by atoms with Crippen LogP contribution in [0.25, 0.3) is 0 Å². The van der Waals surface area contributed by atoms with E-state index in [9.17, 15) is 22.8 Å². The van der Waals surface area contributed by atoms with Crippen molar-refractivity contribution >= 4 is 23.6 Å². The molecule has 0 bridgehead atoms. The van der Waals surface area contributed by atoms with Gasteiger partial charge in [0.1, 0.15) is 11.4 Å². The molecule has 1 aliphatic rings. The zero-order valence-corrected chi connectivity index (χ0v) is 15.1. The fourth-order valence-corrected chi connectivity index (χ4v) is 4.05. The molecule has 0 radical (unpaired) electrons. The van der Waals surface area contributed by atoms with Gasteiger partial charge in [-0.3, -0.25) is 9.59 Å². The molecule has 4 nitrogen and oxygen atoms in total. The van der Waals surface area contributed by atoms with Crippen molar-refractivity contribution in [2.45, 2.75) is 37.9 Å². The second-order valence-electron chi connectivity index (χ2n) is 6.34. The van der Waals surface area contributed by atoms with Gasteiger partial charge in [0.15, 0.2) is 0 Å². The third-order valence-electron chi connectivity index (χ3n) is 4.01. The summed E-state index contributed by atoms with van der Waals surface area (Å²) in [6, 6.07) is 4.13. The minimum Gasteiger partial charge on any atom is -0.357 e. The number of hydrogen-bond donors (Lipinski definition) is 1. The molecule has 0 unspecified atom stereocenters. The summed E-state index contributed by atoms with van der Waals surface area (Å²) in [5.74, 6) is -0.0448. The van der Waals surface area contributed by atoms with Crippen molar-refractivity contribution in [3.05, 3.63) is 35.4 Å². The number of rotatable bonds is 5. The van der Waals surface area contributed by atoms with E-state index in [-0.39, 0.29) is 23.5 Å². The van der Waals surface area contributed by atoms with Gasteiger partial charge in [-0.05, 0) is 30.0 Å². The summed E-state index contributed by atoms with van der Waals surface area (Å²) in [7, 11) is 1.51. The normalized spacial score (nSPS) is 19.4. The van der Waals surface area contributed by atoms with Crippen molar-refractivity contribution in [1.29, 1.82) is 0 Å². The lowest BCUT2D eigenvalue weighted by Crippen LogP contribution is -2.48. The molecular weight excluding hydrogens is 353 g/mol. The zero-order valence-electron chi connectivity index (χ0n) is 14.3. The quantitative estimate of drug-likeness (QED) is 0.859. The Labute approximate surface area is 149 Å². The number of alkyl halides is 3. The number of hydrogen-bond acceptors (Lipinski definition) is 3. The highest BCUT2D eigenvalue weighted by Crippen LogP contribution is 2.41. The Kier molecular flexibility index (Phi) is 6.03. The fourth-order valence-electron chi connectivity index (χ4n) is 2.83. The first-order valence-electron chi connectivity index (χ1n) is 7.96. The van der Waals surface area contributed by atoms with Crippen LogP contribution in [0, 0.1) is 5.92 Å². The Bertz CT molecular complexity index is 632. The maximum atomic E-state index is 12.7. The van der Waals surface area contributed by atoms with Gasteiger partial charge in [0.05, 0.1) is 11.3 Å². The van der Waals surface area contributed by atoms with Crippen LogP contribution in [0.15, 0.2) is 24.3 Å². The number of likely N-dealkylation sites (N-methyl/N-ethyl adjacent to an activating group) is 1. The molecule has 1 heterocycles. The molecule has 2 rings (SSSR count). The van der Waals surface area contributed by atoms with Crippen LogP contribution >= 0.6 is 11.8 Å². The first-order valence-corrected chi connectivity index (χ1v) is 9.01. The first kappa shape index (κ1) is 19.6. The number of benzene rings is 1. The van der Waals surface area contributed by atoms with Crippen molar-refractivity contribution in [2.24, 2.45) is 5.92 Å². The van der Waals surface area contributed by atoms with Crippen LogP contribution in [0.3, 0.4) is 0 Å². The summed E-state index contributed by atoms with van der Waals surface area (Å²) in [4.78, 5) is 26.2. The number of carbonyl (C=O) groups excluding carboxylic acids is 2.